The summed E-state index contributed by atoms with van der Waals surface area (Å²) in [5.74, 6) is -0.123. The van der Waals surface area contributed by atoms with Crippen LogP contribution in [0.5, 0.6) is 0 Å². The number of allylic oxidation sites excluding steroid dienone is 1. The van der Waals surface area contributed by atoms with Gasteiger partial charge in [0, 0.05) is 46.0 Å². The Morgan fingerprint density at radius 1 is 1.12 bits per heavy atom. The molecule has 0 bridgehead atoms. The molecule has 0 N–H and O–H groups in total. The Morgan fingerprint density at radius 3 is 2.56 bits per heavy atom. The van der Waals surface area contributed by atoms with Gasteiger partial charge in [0.25, 0.3) is 11.5 Å². The van der Waals surface area contributed by atoms with Crippen molar-refractivity contribution in [2.45, 2.75) is 37.6 Å². The van der Waals surface area contributed by atoms with Crippen molar-refractivity contribution in [2.75, 3.05) is 6.54 Å². The molecule has 5 rings (SSSR count). The lowest BCUT2D eigenvalue weighted by Gasteiger charge is -2.29. The number of hydrogen-bond acceptors (Lipinski definition) is 4. The molecule has 5 nitrogen and oxygen atoms in total. The molecule has 1 amide bonds. The molecule has 0 spiro atoms. The van der Waals surface area contributed by atoms with Gasteiger partial charge in [-0.3, -0.25) is 9.79 Å². The quantitative estimate of drug-likeness (QED) is 0.488. The summed E-state index contributed by atoms with van der Waals surface area (Å²) in [5, 5.41) is 3.94. The molecule has 2 aromatic carbocycles. The first kappa shape index (κ1) is 22.9. The largest absolute Gasteiger partial charge is 0.435 e. The zero-order chi connectivity index (χ0) is 24.1. The van der Waals surface area contributed by atoms with Crippen molar-refractivity contribution in [3.8, 4) is 0 Å². The molecule has 2 aromatic rings. The van der Waals surface area contributed by atoms with Gasteiger partial charge in [0.15, 0.2) is 0 Å². The lowest BCUT2D eigenvalue weighted by molar-refractivity contribution is -0.275. The van der Waals surface area contributed by atoms with Gasteiger partial charge < -0.3 is 9.74 Å². The summed E-state index contributed by atoms with van der Waals surface area (Å²) in [7, 11) is 0. The van der Waals surface area contributed by atoms with Gasteiger partial charge in [-0.15, -0.1) is 0 Å². The first-order valence-electron chi connectivity index (χ1n) is 10.6. The standard InChI is InChI=1S/C24H18Cl2F3N3O2/c25-17-8-16(9-18(26)10-17)23(24(27,28)29)11-21(31-34-23)14-4-5-20-15(7-14)12-32(22(20)33)13-19-3-1-2-6-30-19/h2,4-10H,1,3,11-13H2. The van der Waals surface area contributed by atoms with Gasteiger partial charge in [-0.25, -0.2) is 0 Å². The second kappa shape index (κ2) is 8.43. The summed E-state index contributed by atoms with van der Waals surface area (Å²) in [4.78, 5) is 23.9. The van der Waals surface area contributed by atoms with E-state index in [1.807, 2.05) is 6.08 Å². The molecule has 1 atom stereocenters. The van der Waals surface area contributed by atoms with Gasteiger partial charge in [0.1, 0.15) is 0 Å². The lowest BCUT2D eigenvalue weighted by atomic mass is 9.86. The van der Waals surface area contributed by atoms with E-state index in [0.717, 1.165) is 24.1 Å². The summed E-state index contributed by atoms with van der Waals surface area (Å²) in [5.41, 5.74) is -0.153. The highest BCUT2D eigenvalue weighted by atomic mass is 35.5. The summed E-state index contributed by atoms with van der Waals surface area (Å²) in [6.07, 6.45) is 0.0687. The van der Waals surface area contributed by atoms with Crippen molar-refractivity contribution in [3.05, 3.63) is 81.0 Å². The Hall–Kier alpha value is -2.84. The van der Waals surface area contributed by atoms with Crippen LogP contribution in [0, 0.1) is 0 Å². The molecule has 176 valence electrons. The number of nitrogens with zero attached hydrogens (tertiary/aromatic N) is 3. The molecular weight excluding hydrogens is 490 g/mol. The molecule has 0 saturated carbocycles. The average molecular weight is 508 g/mol. The number of alkyl halides is 3. The van der Waals surface area contributed by atoms with Crippen molar-refractivity contribution in [1.82, 2.24) is 4.90 Å². The molecule has 0 saturated heterocycles. The molecule has 0 aliphatic carbocycles. The number of carbonyl (C=O) groups excluding carboxylic acids is 1. The van der Waals surface area contributed by atoms with E-state index in [-0.39, 0.29) is 27.2 Å². The summed E-state index contributed by atoms with van der Waals surface area (Å²) in [6.45, 7) is 0.775. The Morgan fingerprint density at radius 2 is 1.88 bits per heavy atom. The zero-order valence-electron chi connectivity index (χ0n) is 17.7. The first-order chi connectivity index (χ1) is 16.2. The van der Waals surface area contributed by atoms with E-state index >= 15 is 0 Å². The van der Waals surface area contributed by atoms with Crippen molar-refractivity contribution in [1.29, 1.82) is 0 Å². The number of rotatable bonds is 4. The normalized spacial score (nSPS) is 21.9. The van der Waals surface area contributed by atoms with Crippen molar-refractivity contribution in [3.63, 3.8) is 0 Å². The number of benzene rings is 2. The Kier molecular flexibility index (Phi) is 5.68. The molecule has 3 aliphatic heterocycles. The average Bonchev–Trinajstić information content (AvgIpc) is 3.37. The van der Waals surface area contributed by atoms with Gasteiger partial charge >= 0.3 is 6.18 Å². The topological polar surface area (TPSA) is 54.3 Å². The molecule has 10 heteroatoms. The van der Waals surface area contributed by atoms with Crippen LogP contribution in [0.3, 0.4) is 0 Å². The fourth-order valence-corrected chi connectivity index (χ4v) is 4.95. The zero-order valence-corrected chi connectivity index (χ0v) is 19.2. The summed E-state index contributed by atoms with van der Waals surface area (Å²) >= 11 is 11.9. The number of carbonyl (C=O) groups is 1. The number of aliphatic imine (C=N–C) groups is 1. The maximum Gasteiger partial charge on any atom is 0.435 e. The van der Waals surface area contributed by atoms with E-state index < -0.39 is 18.2 Å². The number of halogens is 5. The highest BCUT2D eigenvalue weighted by Gasteiger charge is 2.62. The molecule has 3 aliphatic rings. The fourth-order valence-electron chi connectivity index (χ4n) is 4.42. The third-order valence-electron chi connectivity index (χ3n) is 6.17. The molecule has 3 heterocycles. The Labute approximate surface area is 203 Å². The van der Waals surface area contributed by atoms with Gasteiger partial charge in [-0.05, 0) is 54.3 Å². The number of hydrogen-bond donors (Lipinski definition) is 0. The van der Waals surface area contributed by atoms with Crippen LogP contribution in [-0.4, -0.2) is 35.0 Å². The minimum Gasteiger partial charge on any atom is -0.374 e. The Balaban J connectivity index is 1.41. The first-order valence-corrected chi connectivity index (χ1v) is 11.3. The van der Waals surface area contributed by atoms with E-state index in [2.05, 4.69) is 10.1 Å². The SMILES string of the molecule is O=C1c2ccc(C3=NOC(c4cc(Cl)cc(Cl)c4)(C(F)(F)F)C3)cc2CN1CC1=NC=CCC1. The van der Waals surface area contributed by atoms with Crippen molar-refractivity contribution >= 4 is 40.5 Å². The van der Waals surface area contributed by atoms with Crippen molar-refractivity contribution in [2.24, 2.45) is 10.1 Å². The molecular formula is C24H18Cl2F3N3O2. The third kappa shape index (κ3) is 3.99. The summed E-state index contributed by atoms with van der Waals surface area (Å²) < 4.78 is 42.7. The van der Waals surface area contributed by atoms with Crippen LogP contribution in [0.15, 0.2) is 58.8 Å². The van der Waals surface area contributed by atoms with E-state index in [4.69, 9.17) is 28.0 Å². The molecule has 0 radical (unpaired) electrons. The second-order valence-corrected chi connectivity index (χ2v) is 9.31. The highest BCUT2D eigenvalue weighted by molar-refractivity contribution is 6.34. The van der Waals surface area contributed by atoms with Gasteiger partial charge in [0.2, 0.25) is 0 Å². The lowest BCUT2D eigenvalue weighted by Crippen LogP contribution is -2.42. The van der Waals surface area contributed by atoms with Gasteiger partial charge in [-0.2, -0.15) is 13.2 Å². The van der Waals surface area contributed by atoms with Gasteiger partial charge in [-0.1, -0.05) is 40.5 Å². The van der Waals surface area contributed by atoms with Crippen LogP contribution in [0.25, 0.3) is 0 Å². The van der Waals surface area contributed by atoms with Crippen LogP contribution in [0.1, 0.15) is 46.3 Å². The van der Waals surface area contributed by atoms with Crippen LogP contribution < -0.4 is 0 Å². The number of oxime groups is 1. The summed E-state index contributed by atoms with van der Waals surface area (Å²) in [6, 6.07) is 8.65. The van der Waals surface area contributed by atoms with E-state index in [9.17, 15) is 18.0 Å². The maximum atomic E-state index is 14.2. The van der Waals surface area contributed by atoms with Crippen LogP contribution in [0.4, 0.5) is 13.2 Å². The second-order valence-electron chi connectivity index (χ2n) is 8.44. The molecule has 0 fully saturated rings. The fraction of sp³-hybridized carbons (Fsp3) is 0.292. The van der Waals surface area contributed by atoms with Crippen LogP contribution in [0.2, 0.25) is 10.0 Å². The monoisotopic (exact) mass is 507 g/mol. The predicted molar refractivity (Wildman–Crippen MR) is 123 cm³/mol. The van der Waals surface area contributed by atoms with E-state index in [1.165, 1.54) is 18.2 Å². The van der Waals surface area contributed by atoms with Gasteiger partial charge in [0.05, 0.1) is 12.3 Å². The van der Waals surface area contributed by atoms with Crippen LogP contribution >= 0.6 is 23.2 Å². The van der Waals surface area contributed by atoms with E-state index in [1.54, 1.807) is 29.3 Å². The van der Waals surface area contributed by atoms with Crippen molar-refractivity contribution < 1.29 is 22.8 Å². The molecule has 34 heavy (non-hydrogen) atoms. The minimum atomic E-state index is -4.77. The molecule has 1 unspecified atom stereocenters. The number of amides is 1. The number of fused-ring (bicyclic) bond motifs is 1. The third-order valence-corrected chi connectivity index (χ3v) is 6.60. The Bertz CT molecular complexity index is 1250. The predicted octanol–water partition coefficient (Wildman–Crippen LogP) is 6.28. The van der Waals surface area contributed by atoms with E-state index in [0.29, 0.717) is 24.2 Å². The van der Waals surface area contributed by atoms with Crippen LogP contribution in [-0.2, 0) is 17.0 Å². The highest BCUT2D eigenvalue weighted by Crippen LogP contribution is 2.49. The molecule has 0 aromatic heterocycles. The maximum absolute atomic E-state index is 14.2. The minimum absolute atomic E-state index is 0.0670. The smallest absolute Gasteiger partial charge is 0.374 e.